The van der Waals surface area contributed by atoms with E-state index in [0.29, 0.717) is 6.04 Å². The third-order valence-corrected chi connectivity index (χ3v) is 4.70. The average molecular weight is 254 g/mol. The maximum absolute atomic E-state index is 5.47. The van der Waals surface area contributed by atoms with Gasteiger partial charge in [0.15, 0.2) is 0 Å². The molecule has 18 heavy (non-hydrogen) atoms. The van der Waals surface area contributed by atoms with Gasteiger partial charge in [-0.1, -0.05) is 13.3 Å². The van der Waals surface area contributed by atoms with E-state index in [1.807, 2.05) is 0 Å². The van der Waals surface area contributed by atoms with Crippen LogP contribution >= 0.6 is 0 Å². The lowest BCUT2D eigenvalue weighted by Gasteiger charge is -2.27. The van der Waals surface area contributed by atoms with Crippen LogP contribution in [0, 0.1) is 5.92 Å². The second-order valence-corrected chi connectivity index (χ2v) is 6.04. The predicted molar refractivity (Wildman–Crippen MR) is 75.9 cm³/mol. The Morgan fingerprint density at radius 3 is 2.89 bits per heavy atom. The first-order valence-electron chi connectivity index (χ1n) is 7.82. The third kappa shape index (κ3) is 3.94. The molecule has 3 unspecified atom stereocenters. The molecule has 0 spiro atoms. The van der Waals surface area contributed by atoms with Crippen LogP contribution in [0.2, 0.25) is 0 Å². The van der Waals surface area contributed by atoms with Crippen LogP contribution in [0.1, 0.15) is 45.4 Å². The van der Waals surface area contributed by atoms with Crippen LogP contribution in [0.25, 0.3) is 0 Å². The third-order valence-electron chi connectivity index (χ3n) is 4.70. The number of nitrogens with zero attached hydrogens (tertiary/aromatic N) is 1. The summed E-state index contributed by atoms with van der Waals surface area (Å²) in [4.78, 5) is 2.52. The average Bonchev–Trinajstić information content (AvgIpc) is 3.04. The molecule has 1 saturated heterocycles. The molecule has 1 aliphatic carbocycles. The molecule has 0 aromatic heterocycles. The van der Waals surface area contributed by atoms with Gasteiger partial charge in [-0.25, -0.2) is 0 Å². The quantitative estimate of drug-likeness (QED) is 0.754. The Hall–Kier alpha value is -0.120. The summed E-state index contributed by atoms with van der Waals surface area (Å²) in [5.74, 6) is 0.904. The highest BCUT2D eigenvalue weighted by Crippen LogP contribution is 2.29. The van der Waals surface area contributed by atoms with Crippen molar-refractivity contribution in [2.45, 2.75) is 57.5 Å². The van der Waals surface area contributed by atoms with E-state index in [1.54, 1.807) is 0 Å². The van der Waals surface area contributed by atoms with E-state index in [0.717, 1.165) is 25.2 Å². The largest absolute Gasteiger partial charge is 0.380 e. The first kappa shape index (κ1) is 14.3. The van der Waals surface area contributed by atoms with Gasteiger partial charge in [-0.3, -0.25) is 0 Å². The second-order valence-electron chi connectivity index (χ2n) is 6.04. The van der Waals surface area contributed by atoms with Gasteiger partial charge in [0.05, 0.1) is 6.61 Å². The van der Waals surface area contributed by atoms with Gasteiger partial charge in [-0.05, 0) is 58.2 Å². The lowest BCUT2D eigenvalue weighted by molar-refractivity contribution is 0.154. The molecule has 0 aromatic carbocycles. The van der Waals surface area contributed by atoms with Crippen molar-refractivity contribution in [3.8, 4) is 0 Å². The Kier molecular flexibility index (Phi) is 5.93. The van der Waals surface area contributed by atoms with Crippen molar-refractivity contribution in [3.05, 3.63) is 0 Å². The van der Waals surface area contributed by atoms with Gasteiger partial charge >= 0.3 is 0 Å². The minimum absolute atomic E-state index is 0.674. The fraction of sp³-hybridized carbons (Fsp3) is 1.00. The SMILES string of the molecule is CCCNC1CCCC1CCN(C)C1CCOC1. The molecular weight excluding hydrogens is 224 g/mol. The molecule has 3 nitrogen and oxygen atoms in total. The smallest absolute Gasteiger partial charge is 0.0622 e. The lowest BCUT2D eigenvalue weighted by atomic mass is 9.98. The van der Waals surface area contributed by atoms with E-state index in [4.69, 9.17) is 4.74 Å². The molecule has 3 atom stereocenters. The van der Waals surface area contributed by atoms with Crippen molar-refractivity contribution >= 4 is 0 Å². The zero-order chi connectivity index (χ0) is 12.8. The van der Waals surface area contributed by atoms with Crippen molar-refractivity contribution in [2.24, 2.45) is 5.92 Å². The lowest BCUT2D eigenvalue weighted by Crippen LogP contribution is -2.37. The topological polar surface area (TPSA) is 24.5 Å². The van der Waals surface area contributed by atoms with Crippen LogP contribution in [0.5, 0.6) is 0 Å². The number of rotatable bonds is 7. The van der Waals surface area contributed by atoms with Crippen LogP contribution in [-0.2, 0) is 4.74 Å². The van der Waals surface area contributed by atoms with Gasteiger partial charge < -0.3 is 15.0 Å². The summed E-state index contributed by atoms with van der Waals surface area (Å²) in [6.07, 6.45) is 8.06. The van der Waals surface area contributed by atoms with E-state index in [9.17, 15) is 0 Å². The second kappa shape index (κ2) is 7.46. The summed E-state index contributed by atoms with van der Waals surface area (Å²) < 4.78 is 5.47. The molecule has 106 valence electrons. The molecule has 3 heteroatoms. The number of ether oxygens (including phenoxy) is 1. The molecule has 2 aliphatic rings. The van der Waals surface area contributed by atoms with Crippen molar-refractivity contribution in [2.75, 3.05) is 33.4 Å². The molecule has 0 bridgehead atoms. The van der Waals surface area contributed by atoms with Crippen LogP contribution in [0.15, 0.2) is 0 Å². The van der Waals surface area contributed by atoms with E-state index in [1.165, 1.54) is 51.6 Å². The summed E-state index contributed by atoms with van der Waals surface area (Å²) in [6.45, 7) is 6.58. The first-order valence-corrected chi connectivity index (χ1v) is 7.82. The van der Waals surface area contributed by atoms with Gasteiger partial charge in [0, 0.05) is 18.7 Å². The molecule has 0 aromatic rings. The summed E-state index contributed by atoms with van der Waals surface area (Å²) in [5, 5.41) is 3.73. The maximum atomic E-state index is 5.47. The Morgan fingerprint density at radius 1 is 1.28 bits per heavy atom. The molecule has 0 radical (unpaired) electrons. The van der Waals surface area contributed by atoms with Gasteiger partial charge in [0.2, 0.25) is 0 Å². The zero-order valence-corrected chi connectivity index (χ0v) is 12.2. The molecule has 1 N–H and O–H groups in total. The van der Waals surface area contributed by atoms with Gasteiger partial charge in [-0.15, -0.1) is 0 Å². The number of nitrogens with one attached hydrogen (secondary N) is 1. The van der Waals surface area contributed by atoms with Gasteiger partial charge in [0.1, 0.15) is 0 Å². The summed E-state index contributed by atoms with van der Waals surface area (Å²) >= 11 is 0. The summed E-state index contributed by atoms with van der Waals surface area (Å²) in [5.41, 5.74) is 0. The number of hydrogen-bond donors (Lipinski definition) is 1. The fourth-order valence-electron chi connectivity index (χ4n) is 3.40. The summed E-state index contributed by atoms with van der Waals surface area (Å²) in [7, 11) is 2.27. The molecular formula is C15H30N2O. The maximum Gasteiger partial charge on any atom is 0.0622 e. The molecule has 1 saturated carbocycles. The normalized spacial score (nSPS) is 32.5. The molecule has 2 fully saturated rings. The standard InChI is InChI=1S/C15H30N2O/c1-3-9-16-15-6-4-5-13(15)7-10-17(2)14-8-11-18-12-14/h13-16H,3-12H2,1-2H3. The van der Waals surface area contributed by atoms with Crippen molar-refractivity contribution in [3.63, 3.8) is 0 Å². The van der Waals surface area contributed by atoms with Crippen molar-refractivity contribution in [1.29, 1.82) is 0 Å². The van der Waals surface area contributed by atoms with Crippen molar-refractivity contribution < 1.29 is 4.74 Å². The van der Waals surface area contributed by atoms with E-state index < -0.39 is 0 Å². The Balaban J connectivity index is 1.68. The van der Waals surface area contributed by atoms with Crippen LogP contribution in [0.4, 0.5) is 0 Å². The number of hydrogen-bond acceptors (Lipinski definition) is 3. The Bertz CT molecular complexity index is 229. The Morgan fingerprint density at radius 2 is 2.17 bits per heavy atom. The highest BCUT2D eigenvalue weighted by Gasteiger charge is 2.27. The predicted octanol–water partition coefficient (Wildman–Crippen LogP) is 2.27. The van der Waals surface area contributed by atoms with Crippen molar-refractivity contribution in [1.82, 2.24) is 10.2 Å². The van der Waals surface area contributed by atoms with Crippen LogP contribution in [0.3, 0.4) is 0 Å². The van der Waals surface area contributed by atoms with Gasteiger partial charge in [-0.2, -0.15) is 0 Å². The zero-order valence-electron chi connectivity index (χ0n) is 12.2. The first-order chi connectivity index (χ1) is 8.81. The fourth-order valence-corrected chi connectivity index (χ4v) is 3.40. The number of likely N-dealkylation sites (N-methyl/N-ethyl adjacent to an activating group) is 1. The van der Waals surface area contributed by atoms with Crippen LogP contribution < -0.4 is 5.32 Å². The molecule has 1 heterocycles. The molecule has 1 aliphatic heterocycles. The minimum Gasteiger partial charge on any atom is -0.380 e. The Labute approximate surface area is 112 Å². The van der Waals surface area contributed by atoms with E-state index in [-0.39, 0.29) is 0 Å². The summed E-state index contributed by atoms with van der Waals surface area (Å²) in [6, 6.07) is 1.46. The van der Waals surface area contributed by atoms with Gasteiger partial charge in [0.25, 0.3) is 0 Å². The van der Waals surface area contributed by atoms with E-state index in [2.05, 4.69) is 24.2 Å². The van der Waals surface area contributed by atoms with Crippen LogP contribution in [-0.4, -0.2) is 50.3 Å². The highest BCUT2D eigenvalue weighted by atomic mass is 16.5. The molecule has 0 amide bonds. The monoisotopic (exact) mass is 254 g/mol. The molecule has 2 rings (SSSR count). The van der Waals surface area contributed by atoms with E-state index >= 15 is 0 Å². The minimum atomic E-state index is 0.674. The highest BCUT2D eigenvalue weighted by molar-refractivity contribution is 4.84.